The van der Waals surface area contributed by atoms with Gasteiger partial charge in [-0.2, -0.15) is 0 Å². The maximum Gasteiger partial charge on any atom is 0.170 e. The molecule has 2 aromatic rings. The molecular weight excluding hydrogens is 328 g/mol. The van der Waals surface area contributed by atoms with Gasteiger partial charge in [0.25, 0.3) is 0 Å². The largest absolute Gasteiger partial charge is 0.352 e. The second kappa shape index (κ2) is 6.13. The van der Waals surface area contributed by atoms with Gasteiger partial charge in [-0.1, -0.05) is 6.07 Å². The van der Waals surface area contributed by atoms with E-state index in [0.29, 0.717) is 12.1 Å². The van der Waals surface area contributed by atoms with Crippen LogP contribution in [0.25, 0.3) is 0 Å². The SMILES string of the molecule is Cc1cc([C@@H]2[C@@H](c3ccccn3)NC(=S)N2C(C)C)c(C)n1C1CC1. The van der Waals surface area contributed by atoms with Crippen LogP contribution < -0.4 is 5.32 Å². The van der Waals surface area contributed by atoms with Crippen LogP contribution >= 0.6 is 12.2 Å². The van der Waals surface area contributed by atoms with Crippen molar-refractivity contribution in [2.75, 3.05) is 0 Å². The Morgan fingerprint density at radius 2 is 2.00 bits per heavy atom. The van der Waals surface area contributed by atoms with Crippen LogP contribution in [0.15, 0.2) is 30.5 Å². The molecule has 1 saturated heterocycles. The van der Waals surface area contributed by atoms with Gasteiger partial charge in [0.15, 0.2) is 5.11 Å². The standard InChI is InChI=1S/C20H26N4S/c1-12(2)23-19(16-11-13(3)24(14(16)4)15-8-9-15)18(22-20(23)25)17-7-5-6-10-21-17/h5-7,10-12,15,18-19H,8-9H2,1-4H3,(H,22,25)/t18-,19-/m1/s1. The van der Waals surface area contributed by atoms with Crippen molar-refractivity contribution in [1.82, 2.24) is 19.8 Å². The lowest BCUT2D eigenvalue weighted by Gasteiger charge is -2.31. The summed E-state index contributed by atoms with van der Waals surface area (Å²) in [5, 5.41) is 4.36. The number of aromatic nitrogens is 2. The summed E-state index contributed by atoms with van der Waals surface area (Å²) in [5.74, 6) is 0. The summed E-state index contributed by atoms with van der Waals surface area (Å²) in [5.41, 5.74) is 5.16. The molecule has 1 saturated carbocycles. The lowest BCUT2D eigenvalue weighted by molar-refractivity contribution is 0.268. The van der Waals surface area contributed by atoms with Crippen LogP contribution in [0, 0.1) is 13.8 Å². The van der Waals surface area contributed by atoms with Gasteiger partial charge in [0.05, 0.1) is 17.8 Å². The molecule has 5 heteroatoms. The van der Waals surface area contributed by atoms with E-state index in [1.165, 1.54) is 29.8 Å². The van der Waals surface area contributed by atoms with Crippen LogP contribution in [0.4, 0.5) is 0 Å². The van der Waals surface area contributed by atoms with Crippen molar-refractivity contribution in [3.05, 3.63) is 53.1 Å². The normalized spacial score (nSPS) is 23.4. The molecule has 1 aliphatic heterocycles. The van der Waals surface area contributed by atoms with E-state index in [1.807, 2.05) is 12.3 Å². The minimum atomic E-state index is 0.0873. The van der Waals surface area contributed by atoms with Crippen LogP contribution in [0.5, 0.6) is 0 Å². The van der Waals surface area contributed by atoms with E-state index in [9.17, 15) is 0 Å². The van der Waals surface area contributed by atoms with Crippen molar-refractivity contribution in [3.8, 4) is 0 Å². The molecular formula is C20H26N4S. The lowest BCUT2D eigenvalue weighted by atomic mass is 9.96. The molecule has 0 bridgehead atoms. The molecule has 3 heterocycles. The molecule has 1 aliphatic carbocycles. The van der Waals surface area contributed by atoms with Gasteiger partial charge in [-0.25, -0.2) is 0 Å². The number of pyridine rings is 1. The van der Waals surface area contributed by atoms with Gasteiger partial charge in [0.1, 0.15) is 0 Å². The molecule has 2 fully saturated rings. The number of aryl methyl sites for hydroxylation is 1. The van der Waals surface area contributed by atoms with Crippen molar-refractivity contribution in [2.45, 2.75) is 64.7 Å². The number of nitrogens with zero attached hydrogens (tertiary/aromatic N) is 3. The summed E-state index contributed by atoms with van der Waals surface area (Å²) in [7, 11) is 0. The topological polar surface area (TPSA) is 33.1 Å². The van der Waals surface area contributed by atoms with Gasteiger partial charge in [-0.15, -0.1) is 0 Å². The molecule has 4 rings (SSSR count). The summed E-state index contributed by atoms with van der Waals surface area (Å²) in [6.07, 6.45) is 4.46. The van der Waals surface area contributed by atoms with E-state index in [2.05, 4.69) is 65.7 Å². The lowest BCUT2D eigenvalue weighted by Crippen LogP contribution is -2.35. The van der Waals surface area contributed by atoms with Crippen molar-refractivity contribution < 1.29 is 0 Å². The zero-order chi connectivity index (χ0) is 17.7. The molecule has 0 radical (unpaired) electrons. The number of nitrogens with one attached hydrogen (secondary N) is 1. The van der Waals surface area contributed by atoms with Gasteiger partial charge in [-0.05, 0) is 76.5 Å². The van der Waals surface area contributed by atoms with Gasteiger partial charge in [0, 0.05) is 29.7 Å². The quantitative estimate of drug-likeness (QED) is 0.834. The van der Waals surface area contributed by atoms with E-state index in [0.717, 1.165) is 10.8 Å². The van der Waals surface area contributed by atoms with E-state index < -0.39 is 0 Å². The number of hydrogen-bond acceptors (Lipinski definition) is 2. The van der Waals surface area contributed by atoms with Crippen molar-refractivity contribution in [2.24, 2.45) is 0 Å². The molecule has 2 aliphatic rings. The molecule has 2 atom stereocenters. The van der Waals surface area contributed by atoms with Gasteiger partial charge in [-0.3, -0.25) is 4.98 Å². The molecule has 25 heavy (non-hydrogen) atoms. The molecule has 132 valence electrons. The fourth-order valence-corrected chi connectivity index (χ4v) is 4.70. The fourth-order valence-electron chi connectivity index (χ4n) is 4.25. The monoisotopic (exact) mass is 354 g/mol. The maximum atomic E-state index is 5.70. The van der Waals surface area contributed by atoms with Crippen LogP contribution in [0.3, 0.4) is 0 Å². The summed E-state index contributed by atoms with van der Waals surface area (Å²) < 4.78 is 2.52. The molecule has 0 aromatic carbocycles. The van der Waals surface area contributed by atoms with Gasteiger partial charge >= 0.3 is 0 Å². The third kappa shape index (κ3) is 2.74. The smallest absolute Gasteiger partial charge is 0.170 e. The second-order valence-corrected chi connectivity index (χ2v) is 7.94. The van der Waals surface area contributed by atoms with E-state index in [4.69, 9.17) is 12.2 Å². The molecule has 0 spiro atoms. The van der Waals surface area contributed by atoms with Crippen LogP contribution in [0.1, 0.15) is 67.5 Å². The molecule has 4 nitrogen and oxygen atoms in total. The Kier molecular flexibility index (Phi) is 4.07. The highest BCUT2D eigenvalue weighted by molar-refractivity contribution is 7.80. The van der Waals surface area contributed by atoms with Crippen LogP contribution in [0.2, 0.25) is 0 Å². The molecule has 2 aromatic heterocycles. The third-order valence-electron chi connectivity index (χ3n) is 5.45. The van der Waals surface area contributed by atoms with Crippen molar-refractivity contribution >= 4 is 17.3 Å². The van der Waals surface area contributed by atoms with Crippen LogP contribution in [-0.4, -0.2) is 25.6 Å². The van der Waals surface area contributed by atoms with E-state index in [1.54, 1.807) is 0 Å². The van der Waals surface area contributed by atoms with Crippen LogP contribution in [-0.2, 0) is 0 Å². The molecule has 0 unspecified atom stereocenters. The Labute approximate surface area is 155 Å². The Morgan fingerprint density at radius 3 is 2.60 bits per heavy atom. The number of thiocarbonyl (C=S) groups is 1. The first-order valence-electron chi connectivity index (χ1n) is 9.17. The van der Waals surface area contributed by atoms with Gasteiger partial charge < -0.3 is 14.8 Å². The summed E-state index contributed by atoms with van der Waals surface area (Å²) in [6, 6.07) is 9.76. The predicted molar refractivity (Wildman–Crippen MR) is 105 cm³/mol. The third-order valence-corrected chi connectivity index (χ3v) is 5.77. The van der Waals surface area contributed by atoms with Crippen molar-refractivity contribution in [3.63, 3.8) is 0 Å². The first-order valence-corrected chi connectivity index (χ1v) is 9.58. The Bertz CT molecular complexity index is 792. The minimum Gasteiger partial charge on any atom is -0.352 e. The summed E-state index contributed by atoms with van der Waals surface area (Å²) in [6.45, 7) is 8.91. The Balaban J connectivity index is 1.82. The summed E-state index contributed by atoms with van der Waals surface area (Å²) >= 11 is 5.70. The highest BCUT2D eigenvalue weighted by Crippen LogP contribution is 2.45. The predicted octanol–water partition coefficient (Wildman–Crippen LogP) is 4.22. The minimum absolute atomic E-state index is 0.0873. The first kappa shape index (κ1) is 16.6. The first-order chi connectivity index (χ1) is 12.0. The summed E-state index contributed by atoms with van der Waals surface area (Å²) in [4.78, 5) is 6.96. The van der Waals surface area contributed by atoms with Gasteiger partial charge in [0.2, 0.25) is 0 Å². The fraction of sp³-hybridized carbons (Fsp3) is 0.500. The molecule has 1 N–H and O–H groups in total. The molecule has 0 amide bonds. The average Bonchev–Trinajstić information content (AvgIpc) is 3.28. The Morgan fingerprint density at radius 1 is 1.24 bits per heavy atom. The number of rotatable bonds is 4. The zero-order valence-electron chi connectivity index (χ0n) is 15.4. The maximum absolute atomic E-state index is 5.70. The average molecular weight is 355 g/mol. The van der Waals surface area contributed by atoms with E-state index >= 15 is 0 Å². The second-order valence-electron chi connectivity index (χ2n) is 7.56. The number of hydrogen-bond donors (Lipinski definition) is 1. The zero-order valence-corrected chi connectivity index (χ0v) is 16.2. The Hall–Kier alpha value is -1.88. The van der Waals surface area contributed by atoms with E-state index in [-0.39, 0.29) is 12.1 Å². The van der Waals surface area contributed by atoms with Crippen molar-refractivity contribution in [1.29, 1.82) is 0 Å². The highest BCUT2D eigenvalue weighted by atomic mass is 32.1. The highest BCUT2D eigenvalue weighted by Gasteiger charge is 2.43.